The molecule has 0 aliphatic carbocycles. The summed E-state index contributed by atoms with van der Waals surface area (Å²) in [7, 11) is 1.70. The predicted octanol–water partition coefficient (Wildman–Crippen LogP) is 1.96. The lowest BCUT2D eigenvalue weighted by Crippen LogP contribution is -2.28. The number of rotatable bonds is 5. The molecule has 0 atom stereocenters. The van der Waals surface area contributed by atoms with Gasteiger partial charge >= 0.3 is 0 Å². The van der Waals surface area contributed by atoms with Gasteiger partial charge in [0, 0.05) is 5.69 Å². The van der Waals surface area contributed by atoms with Gasteiger partial charge in [-0.3, -0.25) is 5.84 Å². The van der Waals surface area contributed by atoms with Crippen molar-refractivity contribution in [1.82, 2.24) is 5.43 Å². The zero-order valence-electron chi connectivity index (χ0n) is 10.4. The third kappa shape index (κ3) is 2.87. The molecule has 1 aromatic rings. The average molecular weight is 223 g/mol. The summed E-state index contributed by atoms with van der Waals surface area (Å²) in [6.45, 7) is 6.90. The minimum Gasteiger partial charge on any atom is -0.496 e. The second kappa shape index (κ2) is 5.72. The second-order valence-electron chi connectivity index (χ2n) is 4.12. The number of methoxy groups -OCH3 is 1. The van der Waals surface area contributed by atoms with E-state index in [1.165, 1.54) is 5.56 Å². The summed E-state index contributed by atoms with van der Waals surface area (Å²) in [6, 6.07) is 4.17. The fraction of sp³-hybridized carbons (Fsp3) is 0.500. The summed E-state index contributed by atoms with van der Waals surface area (Å²) in [6.07, 6.45) is 0. The Morgan fingerprint density at radius 1 is 1.38 bits per heavy atom. The van der Waals surface area contributed by atoms with Crippen LogP contribution in [0.25, 0.3) is 0 Å². The molecule has 0 fully saturated rings. The van der Waals surface area contributed by atoms with Crippen LogP contribution in [-0.2, 0) is 0 Å². The molecule has 90 valence electrons. The normalized spacial score (nSPS) is 10.6. The molecular formula is C12H21N3O. The lowest BCUT2D eigenvalue weighted by molar-refractivity contribution is 0.407. The van der Waals surface area contributed by atoms with Crippen LogP contribution in [0.3, 0.4) is 0 Å². The number of aryl methyl sites for hydroxylation is 1. The lowest BCUT2D eigenvalue weighted by Gasteiger charge is -2.17. The topological polar surface area (TPSA) is 59.3 Å². The molecule has 16 heavy (non-hydrogen) atoms. The summed E-state index contributed by atoms with van der Waals surface area (Å²) >= 11 is 0. The minimum atomic E-state index is 0.432. The van der Waals surface area contributed by atoms with Gasteiger partial charge in [0.2, 0.25) is 0 Å². The van der Waals surface area contributed by atoms with E-state index >= 15 is 0 Å². The van der Waals surface area contributed by atoms with Crippen LogP contribution in [0.4, 0.5) is 5.69 Å². The molecule has 0 aromatic heterocycles. The van der Waals surface area contributed by atoms with E-state index < -0.39 is 0 Å². The van der Waals surface area contributed by atoms with Crippen LogP contribution in [-0.4, -0.2) is 13.8 Å². The largest absolute Gasteiger partial charge is 0.496 e. The molecule has 0 aliphatic rings. The van der Waals surface area contributed by atoms with Crippen LogP contribution in [0.2, 0.25) is 0 Å². The SMILES string of the molecule is COc1cc(C)c(NCNN)cc1C(C)C. The maximum absolute atomic E-state index is 5.38. The van der Waals surface area contributed by atoms with Crippen molar-refractivity contribution in [3.8, 4) is 5.75 Å². The number of nitrogens with one attached hydrogen (secondary N) is 2. The number of hydrogen-bond donors (Lipinski definition) is 3. The molecule has 0 spiro atoms. The molecule has 0 unspecified atom stereocenters. The quantitative estimate of drug-likeness (QED) is 0.406. The number of anilines is 1. The number of nitrogens with two attached hydrogens (primary N) is 1. The maximum atomic E-state index is 5.38. The zero-order valence-corrected chi connectivity index (χ0v) is 10.4. The fourth-order valence-corrected chi connectivity index (χ4v) is 1.66. The molecule has 4 nitrogen and oxygen atoms in total. The van der Waals surface area contributed by atoms with E-state index in [1.807, 2.05) is 13.0 Å². The molecule has 0 bridgehead atoms. The van der Waals surface area contributed by atoms with Gasteiger partial charge in [-0.05, 0) is 36.1 Å². The predicted molar refractivity (Wildman–Crippen MR) is 67.6 cm³/mol. The molecule has 1 rings (SSSR count). The van der Waals surface area contributed by atoms with Crippen LogP contribution in [0.15, 0.2) is 12.1 Å². The molecule has 4 heteroatoms. The van der Waals surface area contributed by atoms with Gasteiger partial charge in [0.25, 0.3) is 0 Å². The van der Waals surface area contributed by atoms with Crippen LogP contribution >= 0.6 is 0 Å². The van der Waals surface area contributed by atoms with E-state index in [2.05, 4.69) is 30.7 Å². The van der Waals surface area contributed by atoms with Crippen molar-refractivity contribution in [1.29, 1.82) is 0 Å². The number of ether oxygens (including phenoxy) is 1. The van der Waals surface area contributed by atoms with E-state index in [1.54, 1.807) is 7.11 Å². The molecule has 0 aliphatic heterocycles. The molecule has 4 N–H and O–H groups in total. The summed E-state index contributed by atoms with van der Waals surface area (Å²) in [5, 5.41) is 3.22. The van der Waals surface area contributed by atoms with Gasteiger partial charge in [-0.2, -0.15) is 0 Å². The van der Waals surface area contributed by atoms with Crippen molar-refractivity contribution >= 4 is 5.69 Å². The third-order valence-electron chi connectivity index (χ3n) is 2.58. The highest BCUT2D eigenvalue weighted by atomic mass is 16.5. The summed E-state index contributed by atoms with van der Waals surface area (Å²) in [5.41, 5.74) is 6.01. The molecule has 0 heterocycles. The van der Waals surface area contributed by atoms with Crippen LogP contribution in [0.5, 0.6) is 5.75 Å². The highest BCUT2D eigenvalue weighted by molar-refractivity contribution is 5.58. The van der Waals surface area contributed by atoms with E-state index in [9.17, 15) is 0 Å². The van der Waals surface area contributed by atoms with Gasteiger partial charge in [-0.15, -0.1) is 0 Å². The smallest absolute Gasteiger partial charge is 0.122 e. The van der Waals surface area contributed by atoms with Gasteiger partial charge in [-0.1, -0.05) is 13.8 Å². The Bertz CT molecular complexity index is 350. The Morgan fingerprint density at radius 2 is 2.06 bits per heavy atom. The van der Waals surface area contributed by atoms with Gasteiger partial charge in [0.15, 0.2) is 0 Å². The molecule has 0 saturated heterocycles. The number of benzene rings is 1. The van der Waals surface area contributed by atoms with Crippen molar-refractivity contribution < 1.29 is 4.74 Å². The van der Waals surface area contributed by atoms with Crippen LogP contribution < -0.4 is 21.3 Å². The Kier molecular flexibility index (Phi) is 4.58. The van der Waals surface area contributed by atoms with Gasteiger partial charge < -0.3 is 10.1 Å². The fourth-order valence-electron chi connectivity index (χ4n) is 1.66. The average Bonchev–Trinajstić information content (AvgIpc) is 2.26. The van der Waals surface area contributed by atoms with Crippen molar-refractivity contribution in [2.75, 3.05) is 19.1 Å². The van der Waals surface area contributed by atoms with Crippen molar-refractivity contribution in [2.45, 2.75) is 26.7 Å². The standard InChI is InChI=1S/C12H21N3O/c1-8(2)10-6-11(14-7-15-13)9(3)5-12(10)16-4/h5-6,8,14-15H,7,13H2,1-4H3. The Hall–Kier alpha value is -1.26. The molecule has 0 radical (unpaired) electrons. The van der Waals surface area contributed by atoms with Crippen LogP contribution in [0, 0.1) is 6.92 Å². The molecule has 1 aromatic carbocycles. The van der Waals surface area contributed by atoms with Gasteiger partial charge in [-0.25, -0.2) is 5.43 Å². The number of hydrazine groups is 1. The van der Waals surface area contributed by atoms with E-state index in [0.717, 1.165) is 17.0 Å². The molecule has 0 amide bonds. The van der Waals surface area contributed by atoms with Gasteiger partial charge in [0.05, 0.1) is 13.8 Å². The molecule has 0 saturated carbocycles. The molecular weight excluding hydrogens is 202 g/mol. The van der Waals surface area contributed by atoms with E-state index in [-0.39, 0.29) is 0 Å². The van der Waals surface area contributed by atoms with Crippen molar-refractivity contribution in [2.24, 2.45) is 5.84 Å². The second-order valence-corrected chi connectivity index (χ2v) is 4.12. The highest BCUT2D eigenvalue weighted by Crippen LogP contribution is 2.31. The first-order valence-corrected chi connectivity index (χ1v) is 5.46. The summed E-state index contributed by atoms with van der Waals surface area (Å²) < 4.78 is 5.38. The lowest BCUT2D eigenvalue weighted by atomic mass is 9.99. The Labute approximate surface area is 97.1 Å². The van der Waals surface area contributed by atoms with E-state index in [4.69, 9.17) is 10.6 Å². The third-order valence-corrected chi connectivity index (χ3v) is 2.58. The Morgan fingerprint density at radius 3 is 2.56 bits per heavy atom. The maximum Gasteiger partial charge on any atom is 0.122 e. The first kappa shape index (κ1) is 12.8. The summed E-state index contributed by atoms with van der Waals surface area (Å²) in [5.74, 6) is 6.62. The van der Waals surface area contributed by atoms with E-state index in [0.29, 0.717) is 12.6 Å². The first-order chi connectivity index (χ1) is 7.60. The van der Waals surface area contributed by atoms with Crippen LogP contribution in [0.1, 0.15) is 30.9 Å². The highest BCUT2D eigenvalue weighted by Gasteiger charge is 2.10. The minimum absolute atomic E-state index is 0.432. The van der Waals surface area contributed by atoms with Gasteiger partial charge in [0.1, 0.15) is 5.75 Å². The summed E-state index contributed by atoms with van der Waals surface area (Å²) in [4.78, 5) is 0. The zero-order chi connectivity index (χ0) is 12.1. The first-order valence-electron chi connectivity index (χ1n) is 5.46. The van der Waals surface area contributed by atoms with Crippen molar-refractivity contribution in [3.63, 3.8) is 0 Å². The van der Waals surface area contributed by atoms with Crippen molar-refractivity contribution in [3.05, 3.63) is 23.3 Å². The number of hydrogen-bond acceptors (Lipinski definition) is 4. The Balaban J connectivity index is 3.06. The monoisotopic (exact) mass is 223 g/mol.